The van der Waals surface area contributed by atoms with Crippen molar-refractivity contribution in [2.24, 2.45) is 0 Å². The molecule has 1 fully saturated rings. The molecule has 2 rings (SSSR count). The number of phenolic OH excluding ortho intramolecular Hbond substituents is 1. The van der Waals surface area contributed by atoms with Crippen molar-refractivity contribution in [1.29, 1.82) is 0 Å². The normalized spacial score (nSPS) is 30.8. The first-order valence-corrected chi connectivity index (χ1v) is 6.85. The molecule has 1 saturated heterocycles. The predicted octanol–water partition coefficient (Wildman–Crippen LogP) is -1.41. The van der Waals surface area contributed by atoms with Crippen LogP contribution >= 0.6 is 0 Å². The first-order chi connectivity index (χ1) is 10.9. The second kappa shape index (κ2) is 7.20. The Morgan fingerprint density at radius 3 is 2.30 bits per heavy atom. The first-order valence-electron chi connectivity index (χ1n) is 6.85. The second-order valence-electron chi connectivity index (χ2n) is 4.99. The highest BCUT2D eigenvalue weighted by Crippen LogP contribution is 2.41. The maximum atomic E-state index is 10.0. The molecule has 0 saturated carbocycles. The van der Waals surface area contributed by atoms with E-state index in [2.05, 4.69) is 0 Å². The highest BCUT2D eigenvalue weighted by molar-refractivity contribution is 5.55. The SMILES string of the molecule is COc1cc(O)c(O[C@H]2O[C@H](CO)[C@@H](O)[C@H](O)[C@H]2O)c(OC)c1. The Morgan fingerprint density at radius 2 is 1.74 bits per heavy atom. The molecule has 0 radical (unpaired) electrons. The Kier molecular flexibility index (Phi) is 5.50. The molecule has 23 heavy (non-hydrogen) atoms. The van der Waals surface area contributed by atoms with Gasteiger partial charge < -0.3 is 44.5 Å². The molecule has 1 aliphatic rings. The second-order valence-corrected chi connectivity index (χ2v) is 4.99. The van der Waals surface area contributed by atoms with Crippen molar-refractivity contribution in [2.45, 2.75) is 30.7 Å². The van der Waals surface area contributed by atoms with Crippen LogP contribution in [0.4, 0.5) is 0 Å². The predicted molar refractivity (Wildman–Crippen MR) is 75.6 cm³/mol. The number of hydrogen-bond acceptors (Lipinski definition) is 9. The van der Waals surface area contributed by atoms with Crippen molar-refractivity contribution >= 4 is 0 Å². The first kappa shape index (κ1) is 17.6. The summed E-state index contributed by atoms with van der Waals surface area (Å²) in [6.07, 6.45) is -7.24. The molecular formula is C14H20O9. The summed E-state index contributed by atoms with van der Waals surface area (Å²) in [5.41, 5.74) is 0. The lowest BCUT2D eigenvalue weighted by Crippen LogP contribution is -2.60. The molecule has 1 aromatic carbocycles. The average Bonchev–Trinajstić information content (AvgIpc) is 2.56. The number of aliphatic hydroxyl groups is 4. The number of phenols is 1. The molecule has 1 heterocycles. The highest BCUT2D eigenvalue weighted by Gasteiger charge is 2.45. The fraction of sp³-hybridized carbons (Fsp3) is 0.571. The van der Waals surface area contributed by atoms with Gasteiger partial charge in [0.1, 0.15) is 30.2 Å². The summed E-state index contributed by atoms with van der Waals surface area (Å²) >= 11 is 0. The minimum absolute atomic E-state index is 0.110. The molecule has 5 atom stereocenters. The topological polar surface area (TPSA) is 138 Å². The van der Waals surface area contributed by atoms with Crippen molar-refractivity contribution in [3.05, 3.63) is 12.1 Å². The number of aliphatic hydroxyl groups excluding tert-OH is 4. The van der Waals surface area contributed by atoms with Crippen LogP contribution in [-0.4, -0.2) is 77.1 Å². The molecule has 0 bridgehead atoms. The van der Waals surface area contributed by atoms with Crippen molar-refractivity contribution < 1.29 is 44.5 Å². The van der Waals surface area contributed by atoms with Crippen LogP contribution in [0.25, 0.3) is 0 Å². The van der Waals surface area contributed by atoms with Crippen molar-refractivity contribution in [3.8, 4) is 23.0 Å². The maximum absolute atomic E-state index is 10.0. The smallest absolute Gasteiger partial charge is 0.229 e. The molecule has 0 aliphatic carbocycles. The van der Waals surface area contributed by atoms with Crippen LogP contribution in [0.15, 0.2) is 12.1 Å². The Labute approximate surface area is 132 Å². The van der Waals surface area contributed by atoms with Gasteiger partial charge in [-0.1, -0.05) is 0 Å². The van der Waals surface area contributed by atoms with Gasteiger partial charge in [0.05, 0.1) is 20.8 Å². The van der Waals surface area contributed by atoms with Crippen LogP contribution in [0.5, 0.6) is 23.0 Å². The highest BCUT2D eigenvalue weighted by atomic mass is 16.7. The molecule has 130 valence electrons. The lowest BCUT2D eigenvalue weighted by atomic mass is 9.99. The largest absolute Gasteiger partial charge is 0.504 e. The monoisotopic (exact) mass is 332 g/mol. The van der Waals surface area contributed by atoms with E-state index in [1.165, 1.54) is 26.4 Å². The zero-order valence-electron chi connectivity index (χ0n) is 12.6. The third-order valence-electron chi connectivity index (χ3n) is 3.55. The average molecular weight is 332 g/mol. The number of methoxy groups -OCH3 is 2. The van der Waals surface area contributed by atoms with Crippen LogP contribution in [0.1, 0.15) is 0 Å². The van der Waals surface area contributed by atoms with Crippen LogP contribution in [-0.2, 0) is 4.74 Å². The quantitative estimate of drug-likeness (QED) is 0.440. The van der Waals surface area contributed by atoms with Crippen molar-refractivity contribution in [2.75, 3.05) is 20.8 Å². The summed E-state index contributed by atoms with van der Waals surface area (Å²) in [5, 5.41) is 48.6. The number of ether oxygens (including phenoxy) is 4. The summed E-state index contributed by atoms with van der Waals surface area (Å²) in [4.78, 5) is 0. The van der Waals surface area contributed by atoms with Gasteiger partial charge in [-0.15, -0.1) is 0 Å². The van der Waals surface area contributed by atoms with E-state index in [1.54, 1.807) is 0 Å². The van der Waals surface area contributed by atoms with Crippen LogP contribution in [0, 0.1) is 0 Å². The Morgan fingerprint density at radius 1 is 1.04 bits per heavy atom. The van der Waals surface area contributed by atoms with E-state index < -0.39 is 37.3 Å². The summed E-state index contributed by atoms with van der Waals surface area (Å²) < 4.78 is 20.7. The molecule has 0 unspecified atom stereocenters. The van der Waals surface area contributed by atoms with Gasteiger partial charge in [-0.2, -0.15) is 0 Å². The molecule has 0 spiro atoms. The Hall–Kier alpha value is -1.78. The Bertz CT molecular complexity index is 533. The van der Waals surface area contributed by atoms with Gasteiger partial charge >= 0.3 is 0 Å². The van der Waals surface area contributed by atoms with Gasteiger partial charge in [-0.05, 0) is 0 Å². The maximum Gasteiger partial charge on any atom is 0.229 e. The van der Waals surface area contributed by atoms with E-state index in [1.807, 2.05) is 0 Å². The van der Waals surface area contributed by atoms with Crippen molar-refractivity contribution in [1.82, 2.24) is 0 Å². The summed E-state index contributed by atoms with van der Waals surface area (Å²) in [7, 11) is 2.75. The third-order valence-corrected chi connectivity index (χ3v) is 3.55. The van der Waals surface area contributed by atoms with Gasteiger partial charge in [0, 0.05) is 12.1 Å². The van der Waals surface area contributed by atoms with E-state index in [-0.39, 0.29) is 17.2 Å². The van der Waals surface area contributed by atoms with E-state index in [9.17, 15) is 20.4 Å². The lowest BCUT2D eigenvalue weighted by Gasteiger charge is -2.39. The summed E-state index contributed by atoms with van der Waals surface area (Å²) in [6, 6.07) is 2.71. The van der Waals surface area contributed by atoms with Crippen LogP contribution in [0.3, 0.4) is 0 Å². The zero-order valence-corrected chi connectivity index (χ0v) is 12.6. The van der Waals surface area contributed by atoms with Gasteiger partial charge in [0.2, 0.25) is 12.0 Å². The van der Waals surface area contributed by atoms with E-state index >= 15 is 0 Å². The number of aromatic hydroxyl groups is 1. The van der Waals surface area contributed by atoms with E-state index in [4.69, 9.17) is 24.1 Å². The molecule has 5 N–H and O–H groups in total. The number of benzene rings is 1. The number of hydrogen-bond donors (Lipinski definition) is 5. The number of rotatable bonds is 5. The van der Waals surface area contributed by atoms with Gasteiger partial charge in [0.25, 0.3) is 0 Å². The lowest BCUT2D eigenvalue weighted by molar-refractivity contribution is -0.277. The van der Waals surface area contributed by atoms with Crippen LogP contribution in [0.2, 0.25) is 0 Å². The molecule has 1 aliphatic heterocycles. The van der Waals surface area contributed by atoms with Gasteiger partial charge in [-0.25, -0.2) is 0 Å². The third kappa shape index (κ3) is 3.43. The molecule has 9 heteroatoms. The summed E-state index contributed by atoms with van der Waals surface area (Å²) in [5.74, 6) is -0.0462. The van der Waals surface area contributed by atoms with E-state index in [0.717, 1.165) is 0 Å². The van der Waals surface area contributed by atoms with Gasteiger partial charge in [-0.3, -0.25) is 0 Å². The van der Waals surface area contributed by atoms with Gasteiger partial charge in [0.15, 0.2) is 11.5 Å². The molecule has 0 aromatic heterocycles. The van der Waals surface area contributed by atoms with Crippen molar-refractivity contribution in [3.63, 3.8) is 0 Å². The Balaban J connectivity index is 2.27. The zero-order chi connectivity index (χ0) is 17.1. The minimum Gasteiger partial charge on any atom is -0.504 e. The standard InChI is InChI=1S/C14H20O9/c1-20-6-3-7(16)13(8(4-6)21-2)23-14-12(19)11(18)10(17)9(5-15)22-14/h3-4,9-12,14-19H,5H2,1-2H3/t9-,10-,11+,12-,14-/m1/s1. The molecule has 1 aromatic rings. The van der Waals surface area contributed by atoms with Crippen LogP contribution < -0.4 is 14.2 Å². The summed E-state index contributed by atoms with van der Waals surface area (Å²) in [6.45, 7) is -0.587. The minimum atomic E-state index is -1.60. The fourth-order valence-corrected chi connectivity index (χ4v) is 2.23. The van der Waals surface area contributed by atoms with E-state index in [0.29, 0.717) is 5.75 Å². The molecular weight excluding hydrogens is 312 g/mol. The molecule has 9 nitrogen and oxygen atoms in total. The molecule has 0 amide bonds. The fourth-order valence-electron chi connectivity index (χ4n) is 2.23.